The highest BCUT2D eigenvalue weighted by Crippen LogP contribution is 2.28. The average Bonchev–Trinajstić information content (AvgIpc) is 3.08. The summed E-state index contributed by atoms with van der Waals surface area (Å²) in [6.07, 6.45) is 0. The van der Waals surface area contributed by atoms with Gasteiger partial charge in [-0.05, 0) is 37.6 Å². The second kappa shape index (κ2) is 7.43. The van der Waals surface area contributed by atoms with Crippen molar-refractivity contribution in [1.82, 2.24) is 14.8 Å². The predicted octanol–water partition coefficient (Wildman–Crippen LogP) is 4.18. The van der Waals surface area contributed by atoms with Crippen LogP contribution >= 0.6 is 0 Å². The minimum atomic E-state index is -0.297. The van der Waals surface area contributed by atoms with Crippen LogP contribution in [0.2, 0.25) is 0 Å². The van der Waals surface area contributed by atoms with Crippen molar-refractivity contribution in [2.45, 2.75) is 20.4 Å². The van der Waals surface area contributed by atoms with Gasteiger partial charge in [0, 0.05) is 23.6 Å². The zero-order valence-corrected chi connectivity index (χ0v) is 16.8. The normalized spacial score (nSPS) is 11.0. The van der Waals surface area contributed by atoms with Gasteiger partial charge in [-0.1, -0.05) is 18.2 Å². The molecule has 1 amide bonds. The van der Waals surface area contributed by atoms with Crippen LogP contribution in [0.1, 0.15) is 22.8 Å². The number of aryl methyl sites for hydroxylation is 2. The maximum absolute atomic E-state index is 12.9. The summed E-state index contributed by atoms with van der Waals surface area (Å²) in [6.45, 7) is 4.67. The van der Waals surface area contributed by atoms with Gasteiger partial charge in [-0.25, -0.2) is 9.67 Å². The van der Waals surface area contributed by atoms with Crippen LogP contribution in [0.4, 0.5) is 5.82 Å². The van der Waals surface area contributed by atoms with E-state index in [-0.39, 0.29) is 5.91 Å². The highest BCUT2D eigenvalue weighted by atomic mass is 16.5. The standard InChI is InChI=1S/C22H22N4O3/c1-5-26-21-18(11-14-8-6-7-13(2)19(14)23-21)20(25-26)24-22(27)15-9-16(28-3)12-17(10-15)29-4/h6-12H,5H2,1-4H3,(H,24,25,27). The summed E-state index contributed by atoms with van der Waals surface area (Å²) in [6, 6.07) is 13.1. The molecule has 0 bridgehead atoms. The Morgan fingerprint density at radius 3 is 2.48 bits per heavy atom. The molecule has 0 aliphatic heterocycles. The van der Waals surface area contributed by atoms with Crippen molar-refractivity contribution in [2.75, 3.05) is 19.5 Å². The molecule has 2 heterocycles. The molecule has 4 aromatic rings. The zero-order valence-electron chi connectivity index (χ0n) is 16.8. The lowest BCUT2D eigenvalue weighted by Gasteiger charge is -2.08. The fraction of sp³-hybridized carbons (Fsp3) is 0.227. The molecule has 29 heavy (non-hydrogen) atoms. The first-order chi connectivity index (χ1) is 14.0. The Labute approximate surface area is 168 Å². The monoisotopic (exact) mass is 390 g/mol. The Kier molecular flexibility index (Phi) is 4.80. The third kappa shape index (κ3) is 3.35. The molecule has 2 aromatic heterocycles. The van der Waals surface area contributed by atoms with Crippen LogP contribution in [0.3, 0.4) is 0 Å². The summed E-state index contributed by atoms with van der Waals surface area (Å²) in [4.78, 5) is 17.7. The van der Waals surface area contributed by atoms with E-state index >= 15 is 0 Å². The van der Waals surface area contributed by atoms with Gasteiger partial charge in [0.25, 0.3) is 5.91 Å². The molecule has 0 atom stereocenters. The second-order valence-electron chi connectivity index (χ2n) is 6.73. The van der Waals surface area contributed by atoms with Crippen molar-refractivity contribution in [3.8, 4) is 11.5 Å². The highest BCUT2D eigenvalue weighted by Gasteiger charge is 2.17. The lowest BCUT2D eigenvalue weighted by Crippen LogP contribution is -2.13. The van der Waals surface area contributed by atoms with Crippen molar-refractivity contribution >= 4 is 33.7 Å². The van der Waals surface area contributed by atoms with Crippen molar-refractivity contribution in [2.24, 2.45) is 0 Å². The van der Waals surface area contributed by atoms with E-state index in [1.165, 1.54) is 0 Å². The molecule has 0 spiro atoms. The number of carbonyl (C=O) groups excluding carboxylic acids is 1. The second-order valence-corrected chi connectivity index (χ2v) is 6.73. The van der Waals surface area contributed by atoms with Crippen molar-refractivity contribution < 1.29 is 14.3 Å². The predicted molar refractivity (Wildman–Crippen MR) is 113 cm³/mol. The molecule has 0 fully saturated rings. The summed E-state index contributed by atoms with van der Waals surface area (Å²) >= 11 is 0. The summed E-state index contributed by atoms with van der Waals surface area (Å²) in [7, 11) is 3.09. The summed E-state index contributed by atoms with van der Waals surface area (Å²) < 4.78 is 12.3. The lowest BCUT2D eigenvalue weighted by atomic mass is 10.1. The Morgan fingerprint density at radius 2 is 1.83 bits per heavy atom. The molecule has 2 aromatic carbocycles. The number of para-hydroxylation sites is 1. The summed E-state index contributed by atoms with van der Waals surface area (Å²) in [5.41, 5.74) is 3.20. The number of aromatic nitrogens is 3. The Hall–Kier alpha value is -3.61. The first-order valence-electron chi connectivity index (χ1n) is 9.35. The maximum atomic E-state index is 12.9. The summed E-state index contributed by atoms with van der Waals surface area (Å²) in [5, 5.41) is 9.29. The first kappa shape index (κ1) is 18.7. The maximum Gasteiger partial charge on any atom is 0.257 e. The van der Waals surface area contributed by atoms with E-state index in [1.54, 1.807) is 37.1 Å². The van der Waals surface area contributed by atoms with Crippen molar-refractivity contribution in [1.29, 1.82) is 0 Å². The van der Waals surface area contributed by atoms with Gasteiger partial charge in [0.2, 0.25) is 0 Å². The van der Waals surface area contributed by atoms with Crippen LogP contribution in [0.5, 0.6) is 11.5 Å². The molecule has 7 nitrogen and oxygen atoms in total. The molecule has 148 valence electrons. The Bertz CT molecular complexity index is 1210. The van der Waals surface area contributed by atoms with Gasteiger partial charge in [-0.2, -0.15) is 5.10 Å². The Balaban J connectivity index is 1.79. The Morgan fingerprint density at radius 1 is 1.10 bits per heavy atom. The molecule has 0 saturated carbocycles. The molecule has 0 radical (unpaired) electrons. The molecule has 0 aliphatic rings. The molecule has 0 unspecified atom stereocenters. The van der Waals surface area contributed by atoms with Gasteiger partial charge in [0.15, 0.2) is 11.5 Å². The van der Waals surface area contributed by atoms with Crippen molar-refractivity contribution in [3.05, 3.63) is 53.6 Å². The fourth-order valence-corrected chi connectivity index (χ4v) is 3.36. The molecule has 7 heteroatoms. The van der Waals surface area contributed by atoms with E-state index in [9.17, 15) is 4.79 Å². The van der Waals surface area contributed by atoms with Gasteiger partial charge >= 0.3 is 0 Å². The largest absolute Gasteiger partial charge is 0.497 e. The average molecular weight is 390 g/mol. The molecular formula is C22H22N4O3. The van der Waals surface area contributed by atoms with Crippen LogP contribution in [-0.2, 0) is 6.54 Å². The van der Waals surface area contributed by atoms with Gasteiger partial charge in [-0.3, -0.25) is 4.79 Å². The van der Waals surface area contributed by atoms with E-state index in [0.717, 1.165) is 27.5 Å². The van der Waals surface area contributed by atoms with Crippen LogP contribution in [0.25, 0.3) is 21.9 Å². The van der Waals surface area contributed by atoms with Gasteiger partial charge in [0.05, 0.1) is 25.1 Å². The van der Waals surface area contributed by atoms with Crippen molar-refractivity contribution in [3.63, 3.8) is 0 Å². The van der Waals surface area contributed by atoms with E-state index in [2.05, 4.69) is 10.4 Å². The molecule has 0 aliphatic carbocycles. The number of nitrogens with one attached hydrogen (secondary N) is 1. The number of benzene rings is 2. The van der Waals surface area contributed by atoms with Gasteiger partial charge in [-0.15, -0.1) is 0 Å². The highest BCUT2D eigenvalue weighted by molar-refractivity contribution is 6.09. The number of carbonyl (C=O) groups is 1. The molecule has 1 N–H and O–H groups in total. The number of fused-ring (bicyclic) bond motifs is 2. The number of nitrogens with zero attached hydrogens (tertiary/aromatic N) is 3. The smallest absolute Gasteiger partial charge is 0.257 e. The van der Waals surface area contributed by atoms with Crippen LogP contribution in [-0.4, -0.2) is 34.9 Å². The topological polar surface area (TPSA) is 78.3 Å². The number of methoxy groups -OCH3 is 2. The van der Waals surface area contributed by atoms with E-state index in [4.69, 9.17) is 14.5 Å². The number of rotatable bonds is 5. The van der Waals surface area contributed by atoms with E-state index < -0.39 is 0 Å². The SMILES string of the molecule is CCn1nc(NC(=O)c2cc(OC)cc(OC)c2)c2cc3cccc(C)c3nc21. The number of amides is 1. The number of anilines is 1. The number of ether oxygens (including phenoxy) is 2. The zero-order chi connectivity index (χ0) is 20.5. The third-order valence-corrected chi connectivity index (χ3v) is 4.89. The minimum Gasteiger partial charge on any atom is -0.497 e. The third-order valence-electron chi connectivity index (χ3n) is 4.89. The van der Waals surface area contributed by atoms with Gasteiger partial charge in [0.1, 0.15) is 11.5 Å². The molecule has 4 rings (SSSR count). The number of hydrogen-bond donors (Lipinski definition) is 1. The fourth-order valence-electron chi connectivity index (χ4n) is 3.36. The molecule has 0 saturated heterocycles. The minimum absolute atomic E-state index is 0.297. The summed E-state index contributed by atoms with van der Waals surface area (Å²) in [5.74, 6) is 1.27. The quantitative estimate of drug-likeness (QED) is 0.553. The first-order valence-corrected chi connectivity index (χ1v) is 9.35. The van der Waals surface area contributed by atoms with E-state index in [0.29, 0.717) is 29.4 Å². The molecular weight excluding hydrogens is 368 g/mol. The van der Waals surface area contributed by atoms with E-state index in [1.807, 2.05) is 38.1 Å². The van der Waals surface area contributed by atoms with Crippen LogP contribution in [0, 0.1) is 6.92 Å². The van der Waals surface area contributed by atoms with Gasteiger partial charge < -0.3 is 14.8 Å². The number of hydrogen-bond acceptors (Lipinski definition) is 5. The lowest BCUT2D eigenvalue weighted by molar-refractivity contribution is 0.102. The van der Waals surface area contributed by atoms with Crippen LogP contribution in [0.15, 0.2) is 42.5 Å². The van der Waals surface area contributed by atoms with Crippen LogP contribution < -0.4 is 14.8 Å². The number of pyridine rings is 1.